The van der Waals surface area contributed by atoms with Crippen LogP contribution in [0, 0.1) is 5.92 Å². The van der Waals surface area contributed by atoms with Gasteiger partial charge >= 0.3 is 0 Å². The third-order valence-electron chi connectivity index (χ3n) is 4.33. The summed E-state index contributed by atoms with van der Waals surface area (Å²) >= 11 is 0. The Morgan fingerprint density at radius 1 is 1.18 bits per heavy atom. The van der Waals surface area contributed by atoms with Gasteiger partial charge in [-0.05, 0) is 57.4 Å². The van der Waals surface area contributed by atoms with Crippen LogP contribution in [0.2, 0.25) is 0 Å². The molecule has 0 bridgehead atoms. The molecule has 0 aromatic carbocycles. The number of ether oxygens (including phenoxy) is 1. The van der Waals surface area contributed by atoms with Gasteiger partial charge in [-0.3, -0.25) is 0 Å². The van der Waals surface area contributed by atoms with Gasteiger partial charge in [0.25, 0.3) is 0 Å². The zero-order valence-corrected chi connectivity index (χ0v) is 11.0. The highest BCUT2D eigenvalue weighted by atomic mass is 16.5. The van der Waals surface area contributed by atoms with Crippen molar-refractivity contribution < 1.29 is 9.84 Å². The molecule has 100 valence electrons. The molecule has 0 aromatic heterocycles. The normalized spacial score (nSPS) is 39.2. The van der Waals surface area contributed by atoms with Crippen molar-refractivity contribution in [3.8, 4) is 0 Å². The number of nitrogens with one attached hydrogen (secondary N) is 1. The predicted octanol–water partition coefficient (Wildman–Crippen LogP) is 2.08. The SMILES string of the molecule is CCC1CC(NCC2CCC(O)CC2)CCO1. The van der Waals surface area contributed by atoms with Crippen LogP contribution in [0.15, 0.2) is 0 Å². The summed E-state index contributed by atoms with van der Waals surface area (Å²) in [6.45, 7) is 4.25. The van der Waals surface area contributed by atoms with Crippen LogP contribution in [0.1, 0.15) is 51.9 Å². The van der Waals surface area contributed by atoms with E-state index in [1.165, 1.54) is 19.3 Å². The van der Waals surface area contributed by atoms with Crippen molar-refractivity contribution in [2.24, 2.45) is 5.92 Å². The number of rotatable bonds is 4. The number of aliphatic hydroxyl groups excluding tert-OH is 1. The average molecular weight is 241 g/mol. The molecule has 2 aliphatic rings. The van der Waals surface area contributed by atoms with Gasteiger partial charge in [0, 0.05) is 12.6 Å². The monoisotopic (exact) mass is 241 g/mol. The quantitative estimate of drug-likeness (QED) is 0.792. The lowest BCUT2D eigenvalue weighted by atomic mass is 9.87. The van der Waals surface area contributed by atoms with E-state index in [1.54, 1.807) is 0 Å². The molecular formula is C14H27NO2. The Morgan fingerprint density at radius 2 is 1.94 bits per heavy atom. The Hall–Kier alpha value is -0.120. The molecule has 3 nitrogen and oxygen atoms in total. The van der Waals surface area contributed by atoms with Crippen LogP contribution in [-0.2, 0) is 4.74 Å². The Bertz CT molecular complexity index is 214. The molecule has 17 heavy (non-hydrogen) atoms. The summed E-state index contributed by atoms with van der Waals surface area (Å²) in [6, 6.07) is 0.653. The van der Waals surface area contributed by atoms with Crippen molar-refractivity contribution in [2.75, 3.05) is 13.2 Å². The van der Waals surface area contributed by atoms with Gasteiger partial charge in [0.1, 0.15) is 0 Å². The molecule has 1 saturated heterocycles. The number of aliphatic hydroxyl groups is 1. The molecule has 1 saturated carbocycles. The molecule has 0 spiro atoms. The van der Waals surface area contributed by atoms with E-state index in [0.717, 1.165) is 44.8 Å². The molecular weight excluding hydrogens is 214 g/mol. The minimum atomic E-state index is -0.0289. The standard InChI is InChI=1S/C14H27NO2/c1-2-14-9-12(7-8-17-14)15-10-11-3-5-13(16)6-4-11/h11-16H,2-10H2,1H3. The fourth-order valence-electron chi connectivity index (χ4n) is 3.03. The molecule has 0 aromatic rings. The van der Waals surface area contributed by atoms with E-state index in [9.17, 15) is 5.11 Å². The van der Waals surface area contributed by atoms with Crippen LogP contribution in [-0.4, -0.2) is 36.5 Å². The molecule has 1 aliphatic heterocycles. The summed E-state index contributed by atoms with van der Waals surface area (Å²) in [7, 11) is 0. The first-order valence-electron chi connectivity index (χ1n) is 7.31. The van der Waals surface area contributed by atoms with Gasteiger partial charge in [-0.2, -0.15) is 0 Å². The first-order chi connectivity index (χ1) is 8.28. The smallest absolute Gasteiger partial charge is 0.0587 e. The molecule has 3 heteroatoms. The van der Waals surface area contributed by atoms with Crippen molar-refractivity contribution in [1.82, 2.24) is 5.32 Å². The Labute approximate surface area is 105 Å². The fraction of sp³-hybridized carbons (Fsp3) is 1.00. The Balaban J connectivity index is 1.64. The van der Waals surface area contributed by atoms with Crippen LogP contribution in [0.25, 0.3) is 0 Å². The summed E-state index contributed by atoms with van der Waals surface area (Å²) < 4.78 is 5.69. The maximum atomic E-state index is 9.47. The minimum absolute atomic E-state index is 0.0289. The van der Waals surface area contributed by atoms with E-state index in [2.05, 4.69) is 12.2 Å². The molecule has 0 radical (unpaired) electrons. The molecule has 2 N–H and O–H groups in total. The second kappa shape index (κ2) is 6.72. The number of hydrogen-bond acceptors (Lipinski definition) is 3. The first-order valence-corrected chi connectivity index (χ1v) is 7.31. The van der Waals surface area contributed by atoms with E-state index in [4.69, 9.17) is 4.74 Å². The lowest BCUT2D eigenvalue weighted by molar-refractivity contribution is -0.00121. The summed E-state index contributed by atoms with van der Waals surface area (Å²) in [5, 5.41) is 13.2. The van der Waals surface area contributed by atoms with Crippen LogP contribution in [0.4, 0.5) is 0 Å². The lowest BCUT2D eigenvalue weighted by Crippen LogP contribution is -2.41. The zero-order chi connectivity index (χ0) is 12.1. The van der Waals surface area contributed by atoms with Gasteiger partial charge in [-0.1, -0.05) is 6.92 Å². The summed E-state index contributed by atoms with van der Waals surface area (Å²) in [6.07, 6.45) is 8.28. The Kier molecular flexibility index (Phi) is 5.26. The van der Waals surface area contributed by atoms with E-state index in [-0.39, 0.29) is 6.10 Å². The van der Waals surface area contributed by atoms with Crippen LogP contribution in [0.5, 0.6) is 0 Å². The van der Waals surface area contributed by atoms with Crippen LogP contribution in [0.3, 0.4) is 0 Å². The topological polar surface area (TPSA) is 41.5 Å². The van der Waals surface area contributed by atoms with E-state index in [1.807, 2.05) is 0 Å². The van der Waals surface area contributed by atoms with Crippen molar-refractivity contribution in [1.29, 1.82) is 0 Å². The zero-order valence-electron chi connectivity index (χ0n) is 11.0. The second-order valence-electron chi connectivity index (χ2n) is 5.71. The lowest BCUT2D eigenvalue weighted by Gasteiger charge is -2.32. The van der Waals surface area contributed by atoms with E-state index >= 15 is 0 Å². The molecule has 0 amide bonds. The van der Waals surface area contributed by atoms with Crippen molar-refractivity contribution in [2.45, 2.75) is 70.1 Å². The summed E-state index contributed by atoms with van der Waals surface area (Å²) in [5.41, 5.74) is 0. The summed E-state index contributed by atoms with van der Waals surface area (Å²) in [5.74, 6) is 0.779. The number of hydrogen-bond donors (Lipinski definition) is 2. The average Bonchev–Trinajstić information content (AvgIpc) is 2.38. The summed E-state index contributed by atoms with van der Waals surface area (Å²) in [4.78, 5) is 0. The molecule has 2 unspecified atom stereocenters. The maximum Gasteiger partial charge on any atom is 0.0587 e. The minimum Gasteiger partial charge on any atom is -0.393 e. The largest absolute Gasteiger partial charge is 0.393 e. The highest BCUT2D eigenvalue weighted by Gasteiger charge is 2.23. The molecule has 2 atom stereocenters. The van der Waals surface area contributed by atoms with Crippen LogP contribution >= 0.6 is 0 Å². The van der Waals surface area contributed by atoms with Gasteiger partial charge in [0.05, 0.1) is 12.2 Å². The molecule has 2 fully saturated rings. The van der Waals surface area contributed by atoms with Crippen molar-refractivity contribution in [3.05, 3.63) is 0 Å². The van der Waals surface area contributed by atoms with E-state index < -0.39 is 0 Å². The molecule has 1 heterocycles. The van der Waals surface area contributed by atoms with Crippen LogP contribution < -0.4 is 5.32 Å². The third kappa shape index (κ3) is 4.23. The highest BCUT2D eigenvalue weighted by molar-refractivity contribution is 4.79. The maximum absolute atomic E-state index is 9.47. The van der Waals surface area contributed by atoms with Gasteiger partial charge in [-0.25, -0.2) is 0 Å². The third-order valence-corrected chi connectivity index (χ3v) is 4.33. The van der Waals surface area contributed by atoms with Crippen molar-refractivity contribution >= 4 is 0 Å². The second-order valence-corrected chi connectivity index (χ2v) is 5.71. The van der Waals surface area contributed by atoms with Gasteiger partial charge in [0.15, 0.2) is 0 Å². The fourth-order valence-corrected chi connectivity index (χ4v) is 3.03. The Morgan fingerprint density at radius 3 is 2.65 bits per heavy atom. The van der Waals surface area contributed by atoms with E-state index in [0.29, 0.717) is 12.1 Å². The first kappa shape index (κ1) is 13.3. The van der Waals surface area contributed by atoms with Crippen molar-refractivity contribution in [3.63, 3.8) is 0 Å². The van der Waals surface area contributed by atoms with Gasteiger partial charge in [0.2, 0.25) is 0 Å². The highest BCUT2D eigenvalue weighted by Crippen LogP contribution is 2.24. The van der Waals surface area contributed by atoms with Gasteiger partial charge in [-0.15, -0.1) is 0 Å². The molecule has 1 aliphatic carbocycles. The predicted molar refractivity (Wildman–Crippen MR) is 69.0 cm³/mol. The molecule has 2 rings (SSSR count). The van der Waals surface area contributed by atoms with Gasteiger partial charge < -0.3 is 15.2 Å².